The Balaban J connectivity index is 2.90. The van der Waals surface area contributed by atoms with Crippen LogP contribution in [0.1, 0.15) is 17.0 Å². The zero-order valence-electron chi connectivity index (χ0n) is 8.50. The summed E-state index contributed by atoms with van der Waals surface area (Å²) in [5.41, 5.74) is 3.32. The molecule has 0 saturated carbocycles. The number of methoxy groups -OCH3 is 1. The van der Waals surface area contributed by atoms with Crippen molar-refractivity contribution in [3.63, 3.8) is 0 Å². The molecule has 0 aliphatic rings. The van der Waals surface area contributed by atoms with Gasteiger partial charge in [0.05, 0.1) is 18.8 Å². The minimum absolute atomic E-state index is 0.693. The molecule has 0 aliphatic carbocycles. The van der Waals surface area contributed by atoms with Gasteiger partial charge in [-0.1, -0.05) is 12.7 Å². The van der Waals surface area contributed by atoms with E-state index in [1.54, 1.807) is 7.11 Å². The number of aromatic nitrogens is 2. The number of rotatable bonds is 4. The van der Waals surface area contributed by atoms with Gasteiger partial charge in [-0.3, -0.25) is 4.68 Å². The van der Waals surface area contributed by atoms with Crippen LogP contribution in [0, 0.1) is 13.8 Å². The van der Waals surface area contributed by atoms with Crippen LogP contribution >= 0.6 is 0 Å². The van der Waals surface area contributed by atoms with Gasteiger partial charge in [-0.15, -0.1) is 0 Å². The van der Waals surface area contributed by atoms with E-state index < -0.39 is 0 Å². The minimum Gasteiger partial charge on any atom is -0.383 e. The highest BCUT2D eigenvalue weighted by molar-refractivity contribution is 5.52. The Labute approximate surface area is 79.0 Å². The van der Waals surface area contributed by atoms with E-state index in [4.69, 9.17) is 4.74 Å². The van der Waals surface area contributed by atoms with E-state index in [1.165, 1.54) is 0 Å². The Kier molecular flexibility index (Phi) is 3.25. The first-order valence-electron chi connectivity index (χ1n) is 4.36. The second-order valence-electron chi connectivity index (χ2n) is 3.00. The third-order valence-corrected chi connectivity index (χ3v) is 2.15. The van der Waals surface area contributed by atoms with E-state index in [9.17, 15) is 0 Å². The molecule has 72 valence electrons. The van der Waals surface area contributed by atoms with E-state index in [-0.39, 0.29) is 0 Å². The van der Waals surface area contributed by atoms with Crippen LogP contribution in [0.5, 0.6) is 0 Å². The van der Waals surface area contributed by atoms with E-state index in [0.29, 0.717) is 6.61 Å². The van der Waals surface area contributed by atoms with Crippen molar-refractivity contribution in [2.45, 2.75) is 20.4 Å². The van der Waals surface area contributed by atoms with Crippen molar-refractivity contribution >= 4 is 6.08 Å². The maximum absolute atomic E-state index is 5.00. The first-order chi connectivity index (χ1) is 6.20. The maximum atomic E-state index is 5.00. The summed E-state index contributed by atoms with van der Waals surface area (Å²) >= 11 is 0. The predicted molar refractivity (Wildman–Crippen MR) is 53.7 cm³/mol. The van der Waals surface area contributed by atoms with Crippen LogP contribution in [0.15, 0.2) is 6.58 Å². The van der Waals surface area contributed by atoms with Crippen molar-refractivity contribution in [1.29, 1.82) is 0 Å². The maximum Gasteiger partial charge on any atom is 0.0668 e. The van der Waals surface area contributed by atoms with Gasteiger partial charge in [0.25, 0.3) is 0 Å². The minimum atomic E-state index is 0.693. The van der Waals surface area contributed by atoms with Gasteiger partial charge in [0.1, 0.15) is 0 Å². The fourth-order valence-electron chi connectivity index (χ4n) is 1.40. The largest absolute Gasteiger partial charge is 0.383 e. The van der Waals surface area contributed by atoms with Crippen LogP contribution in [0.25, 0.3) is 6.08 Å². The molecular formula is C10H16N2O. The lowest BCUT2D eigenvalue weighted by molar-refractivity contribution is 0.182. The topological polar surface area (TPSA) is 27.1 Å². The summed E-state index contributed by atoms with van der Waals surface area (Å²) in [5.74, 6) is 0. The molecule has 1 aromatic heterocycles. The second-order valence-corrected chi connectivity index (χ2v) is 3.00. The molecule has 0 amide bonds. The first kappa shape index (κ1) is 9.99. The van der Waals surface area contributed by atoms with Gasteiger partial charge in [-0.2, -0.15) is 5.10 Å². The molecule has 0 bridgehead atoms. The molecule has 0 fully saturated rings. The number of hydrogen-bond acceptors (Lipinski definition) is 2. The van der Waals surface area contributed by atoms with Crippen LogP contribution < -0.4 is 0 Å². The fraction of sp³-hybridized carbons (Fsp3) is 0.500. The van der Waals surface area contributed by atoms with Gasteiger partial charge in [0.15, 0.2) is 0 Å². The molecule has 1 heterocycles. The van der Waals surface area contributed by atoms with Crippen molar-refractivity contribution in [2.24, 2.45) is 0 Å². The zero-order valence-corrected chi connectivity index (χ0v) is 8.50. The summed E-state index contributed by atoms with van der Waals surface area (Å²) < 4.78 is 6.95. The molecule has 0 radical (unpaired) electrons. The second kappa shape index (κ2) is 4.23. The molecule has 0 atom stereocenters. The van der Waals surface area contributed by atoms with Crippen LogP contribution in [0.2, 0.25) is 0 Å². The highest BCUT2D eigenvalue weighted by Gasteiger charge is 2.07. The molecule has 0 saturated heterocycles. The Bertz CT molecular complexity index is 302. The van der Waals surface area contributed by atoms with Gasteiger partial charge in [-0.25, -0.2) is 0 Å². The Morgan fingerprint density at radius 3 is 2.69 bits per heavy atom. The van der Waals surface area contributed by atoms with Crippen LogP contribution in [-0.4, -0.2) is 23.5 Å². The van der Waals surface area contributed by atoms with E-state index in [2.05, 4.69) is 11.7 Å². The lowest BCUT2D eigenvalue weighted by Crippen LogP contribution is -2.07. The zero-order chi connectivity index (χ0) is 9.84. The summed E-state index contributed by atoms with van der Waals surface area (Å²) in [5, 5.41) is 4.38. The quantitative estimate of drug-likeness (QED) is 0.706. The van der Waals surface area contributed by atoms with Crippen molar-refractivity contribution in [3.8, 4) is 0 Å². The standard InChI is InChI=1S/C10H16N2O/c1-5-10-8(2)11-12(9(10)3)6-7-13-4/h5H,1,6-7H2,2-4H3. The predicted octanol–water partition coefficient (Wildman–Crippen LogP) is 1.79. The molecular weight excluding hydrogens is 164 g/mol. The molecule has 0 spiro atoms. The number of aryl methyl sites for hydroxylation is 1. The van der Waals surface area contributed by atoms with Crippen molar-refractivity contribution in [1.82, 2.24) is 9.78 Å². The molecule has 13 heavy (non-hydrogen) atoms. The lowest BCUT2D eigenvalue weighted by Gasteiger charge is -2.02. The number of ether oxygens (including phenoxy) is 1. The van der Waals surface area contributed by atoms with Gasteiger partial charge in [-0.05, 0) is 13.8 Å². The van der Waals surface area contributed by atoms with Crippen molar-refractivity contribution in [3.05, 3.63) is 23.5 Å². The van der Waals surface area contributed by atoms with E-state index in [0.717, 1.165) is 23.5 Å². The van der Waals surface area contributed by atoms with Crippen molar-refractivity contribution in [2.75, 3.05) is 13.7 Å². The summed E-state index contributed by atoms with van der Waals surface area (Å²) in [4.78, 5) is 0. The van der Waals surface area contributed by atoms with E-state index in [1.807, 2.05) is 24.6 Å². The summed E-state index contributed by atoms with van der Waals surface area (Å²) in [6, 6.07) is 0. The molecule has 3 heteroatoms. The summed E-state index contributed by atoms with van der Waals surface area (Å²) in [6.45, 7) is 9.30. The Hall–Kier alpha value is -1.09. The number of nitrogens with zero attached hydrogens (tertiary/aromatic N) is 2. The highest BCUT2D eigenvalue weighted by Crippen LogP contribution is 2.13. The smallest absolute Gasteiger partial charge is 0.0668 e. The van der Waals surface area contributed by atoms with Gasteiger partial charge in [0, 0.05) is 18.4 Å². The molecule has 3 nitrogen and oxygen atoms in total. The van der Waals surface area contributed by atoms with Gasteiger partial charge < -0.3 is 4.74 Å². The van der Waals surface area contributed by atoms with E-state index >= 15 is 0 Å². The Morgan fingerprint density at radius 2 is 2.23 bits per heavy atom. The summed E-state index contributed by atoms with van der Waals surface area (Å²) in [7, 11) is 1.69. The highest BCUT2D eigenvalue weighted by atomic mass is 16.5. The lowest BCUT2D eigenvalue weighted by atomic mass is 10.2. The molecule has 0 unspecified atom stereocenters. The van der Waals surface area contributed by atoms with Crippen LogP contribution in [0.3, 0.4) is 0 Å². The summed E-state index contributed by atoms with van der Waals surface area (Å²) in [6.07, 6.45) is 1.85. The fourth-order valence-corrected chi connectivity index (χ4v) is 1.40. The molecule has 0 aromatic carbocycles. The number of hydrogen-bond donors (Lipinski definition) is 0. The monoisotopic (exact) mass is 180 g/mol. The average molecular weight is 180 g/mol. The van der Waals surface area contributed by atoms with Gasteiger partial charge >= 0.3 is 0 Å². The normalized spacial score (nSPS) is 10.4. The first-order valence-corrected chi connectivity index (χ1v) is 4.36. The van der Waals surface area contributed by atoms with Gasteiger partial charge in [0.2, 0.25) is 0 Å². The third kappa shape index (κ3) is 1.98. The molecule has 0 aliphatic heterocycles. The average Bonchev–Trinajstić information content (AvgIpc) is 2.38. The van der Waals surface area contributed by atoms with Crippen LogP contribution in [0.4, 0.5) is 0 Å². The molecule has 1 aromatic rings. The third-order valence-electron chi connectivity index (χ3n) is 2.15. The SMILES string of the molecule is C=Cc1c(C)nn(CCOC)c1C. The molecule has 1 rings (SSSR count). The Morgan fingerprint density at radius 1 is 1.54 bits per heavy atom. The molecule has 0 N–H and O–H groups in total. The van der Waals surface area contributed by atoms with Crippen molar-refractivity contribution < 1.29 is 4.74 Å². The van der Waals surface area contributed by atoms with Crippen LogP contribution in [-0.2, 0) is 11.3 Å².